The Bertz CT molecular complexity index is 1010. The Kier molecular flexibility index (Phi) is 4.73. The van der Waals surface area contributed by atoms with Gasteiger partial charge in [0.15, 0.2) is 17.3 Å². The van der Waals surface area contributed by atoms with Gasteiger partial charge in [0, 0.05) is 36.2 Å². The predicted octanol–water partition coefficient (Wildman–Crippen LogP) is 3.58. The lowest BCUT2D eigenvalue weighted by Crippen LogP contribution is -2.24. The van der Waals surface area contributed by atoms with Gasteiger partial charge in [0.05, 0.1) is 14.2 Å². The van der Waals surface area contributed by atoms with Gasteiger partial charge in [-0.3, -0.25) is 4.79 Å². The van der Waals surface area contributed by atoms with E-state index in [9.17, 15) is 4.79 Å². The number of hydrogen-bond donors (Lipinski definition) is 0. The average molecular weight is 379 g/mol. The van der Waals surface area contributed by atoms with Crippen LogP contribution in [0.5, 0.6) is 11.5 Å². The van der Waals surface area contributed by atoms with E-state index in [4.69, 9.17) is 14.0 Å². The van der Waals surface area contributed by atoms with Crippen LogP contribution in [0.1, 0.15) is 23.7 Å². The number of benzene rings is 2. The Hall–Kier alpha value is -3.35. The summed E-state index contributed by atoms with van der Waals surface area (Å²) in [5.74, 6) is 2.12. The highest BCUT2D eigenvalue weighted by Gasteiger charge is 2.35. The fourth-order valence-corrected chi connectivity index (χ4v) is 3.45. The van der Waals surface area contributed by atoms with Gasteiger partial charge in [0.1, 0.15) is 0 Å². The van der Waals surface area contributed by atoms with Gasteiger partial charge in [-0.1, -0.05) is 23.4 Å². The van der Waals surface area contributed by atoms with Crippen LogP contribution in [0.15, 0.2) is 47.0 Å². The molecule has 28 heavy (non-hydrogen) atoms. The molecule has 1 fully saturated rings. The van der Waals surface area contributed by atoms with Crippen LogP contribution in [0.25, 0.3) is 11.5 Å². The molecule has 1 atom stereocenters. The van der Waals surface area contributed by atoms with Crippen molar-refractivity contribution in [2.75, 3.05) is 25.7 Å². The molecule has 1 amide bonds. The highest BCUT2D eigenvalue weighted by atomic mass is 16.5. The van der Waals surface area contributed by atoms with E-state index in [2.05, 4.69) is 10.1 Å². The van der Waals surface area contributed by atoms with Crippen LogP contribution < -0.4 is 14.4 Å². The maximum absolute atomic E-state index is 12.6. The molecule has 1 aromatic heterocycles. The third kappa shape index (κ3) is 3.19. The summed E-state index contributed by atoms with van der Waals surface area (Å²) in [5.41, 5.74) is 2.72. The summed E-state index contributed by atoms with van der Waals surface area (Å²) >= 11 is 0. The maximum atomic E-state index is 12.6. The summed E-state index contributed by atoms with van der Waals surface area (Å²) in [4.78, 5) is 18.9. The zero-order chi connectivity index (χ0) is 19.7. The number of carbonyl (C=O) groups excluding carboxylic acids is 1. The summed E-state index contributed by atoms with van der Waals surface area (Å²) in [6, 6.07) is 13.3. The summed E-state index contributed by atoms with van der Waals surface area (Å²) in [6.45, 7) is 2.48. The fraction of sp³-hybridized carbons (Fsp3) is 0.286. The number of anilines is 1. The van der Waals surface area contributed by atoms with Crippen molar-refractivity contribution < 1.29 is 18.8 Å². The van der Waals surface area contributed by atoms with Crippen molar-refractivity contribution in [1.29, 1.82) is 0 Å². The molecule has 1 aliphatic rings. The molecule has 0 saturated carbocycles. The highest BCUT2D eigenvalue weighted by Crippen LogP contribution is 2.36. The first-order valence-corrected chi connectivity index (χ1v) is 9.02. The zero-order valence-electron chi connectivity index (χ0n) is 16.0. The molecule has 7 nitrogen and oxygen atoms in total. The second-order valence-corrected chi connectivity index (χ2v) is 6.72. The predicted molar refractivity (Wildman–Crippen MR) is 104 cm³/mol. The number of methoxy groups -OCH3 is 2. The van der Waals surface area contributed by atoms with E-state index < -0.39 is 0 Å². The van der Waals surface area contributed by atoms with Gasteiger partial charge in [-0.2, -0.15) is 4.98 Å². The first-order chi connectivity index (χ1) is 13.6. The second-order valence-electron chi connectivity index (χ2n) is 6.72. The van der Waals surface area contributed by atoms with Crippen molar-refractivity contribution in [3.8, 4) is 23.0 Å². The molecule has 144 valence electrons. The summed E-state index contributed by atoms with van der Waals surface area (Å²) < 4.78 is 16.1. The normalized spacial score (nSPS) is 16.5. The highest BCUT2D eigenvalue weighted by molar-refractivity contribution is 5.96. The van der Waals surface area contributed by atoms with E-state index in [1.807, 2.05) is 37.3 Å². The maximum Gasteiger partial charge on any atom is 0.258 e. The molecule has 0 radical (unpaired) electrons. The van der Waals surface area contributed by atoms with E-state index in [0.717, 1.165) is 16.8 Å². The number of aromatic nitrogens is 2. The molecule has 0 spiro atoms. The minimum Gasteiger partial charge on any atom is -0.493 e. The third-order valence-corrected chi connectivity index (χ3v) is 4.99. The number of nitrogens with zero attached hydrogens (tertiary/aromatic N) is 3. The molecule has 0 aliphatic carbocycles. The van der Waals surface area contributed by atoms with E-state index in [1.54, 1.807) is 31.3 Å². The van der Waals surface area contributed by atoms with Crippen LogP contribution in [0.3, 0.4) is 0 Å². The van der Waals surface area contributed by atoms with E-state index >= 15 is 0 Å². The Morgan fingerprint density at radius 2 is 1.89 bits per heavy atom. The minimum atomic E-state index is -0.123. The molecule has 0 bridgehead atoms. The summed E-state index contributed by atoms with van der Waals surface area (Å²) in [7, 11) is 3.15. The Morgan fingerprint density at radius 3 is 2.64 bits per heavy atom. The molecule has 1 unspecified atom stereocenters. The smallest absolute Gasteiger partial charge is 0.258 e. The lowest BCUT2D eigenvalue weighted by Gasteiger charge is -2.18. The molecule has 2 heterocycles. The minimum absolute atomic E-state index is 0.0134. The van der Waals surface area contributed by atoms with E-state index in [1.165, 1.54) is 0 Å². The first kappa shape index (κ1) is 18.0. The number of carbonyl (C=O) groups is 1. The molecular weight excluding hydrogens is 358 g/mol. The van der Waals surface area contributed by atoms with Crippen LogP contribution >= 0.6 is 0 Å². The molecule has 4 rings (SSSR count). The average Bonchev–Trinajstić information content (AvgIpc) is 3.34. The van der Waals surface area contributed by atoms with Crippen LogP contribution in [0, 0.1) is 6.92 Å². The lowest BCUT2D eigenvalue weighted by atomic mass is 10.1. The first-order valence-electron chi connectivity index (χ1n) is 9.02. The Labute approximate surface area is 162 Å². The van der Waals surface area contributed by atoms with E-state index in [0.29, 0.717) is 36.2 Å². The molecule has 2 aromatic carbocycles. The van der Waals surface area contributed by atoms with Crippen LogP contribution in [0.2, 0.25) is 0 Å². The molecule has 3 aromatic rings. The van der Waals surface area contributed by atoms with Crippen molar-refractivity contribution in [3.05, 3.63) is 53.9 Å². The fourth-order valence-electron chi connectivity index (χ4n) is 3.45. The van der Waals surface area contributed by atoms with Gasteiger partial charge in [-0.05, 0) is 30.7 Å². The molecule has 0 N–H and O–H groups in total. The molecule has 1 aliphatic heterocycles. The quantitative estimate of drug-likeness (QED) is 0.674. The summed E-state index contributed by atoms with van der Waals surface area (Å²) in [6.07, 6.45) is 0.334. The van der Waals surface area contributed by atoms with Crippen molar-refractivity contribution in [1.82, 2.24) is 10.1 Å². The number of rotatable bonds is 5. The SMILES string of the molecule is COc1ccc(N2CC(c3noc(-c4ccccc4C)n3)CC2=O)cc1OC. The van der Waals surface area contributed by atoms with Crippen molar-refractivity contribution in [3.63, 3.8) is 0 Å². The molecular formula is C21H21N3O4. The summed E-state index contributed by atoms with van der Waals surface area (Å²) in [5, 5.41) is 4.13. The Balaban J connectivity index is 1.57. The van der Waals surface area contributed by atoms with Crippen LogP contribution in [-0.4, -0.2) is 36.8 Å². The molecule has 1 saturated heterocycles. The standard InChI is InChI=1S/C21H21N3O4/c1-13-6-4-5-7-16(13)21-22-20(23-28-21)14-10-19(25)24(12-14)15-8-9-17(26-2)18(11-15)27-3/h4-9,11,14H,10,12H2,1-3H3. The monoisotopic (exact) mass is 379 g/mol. The number of amides is 1. The van der Waals surface area contributed by atoms with Gasteiger partial charge >= 0.3 is 0 Å². The topological polar surface area (TPSA) is 77.7 Å². The van der Waals surface area contributed by atoms with Gasteiger partial charge in [0.25, 0.3) is 5.89 Å². The van der Waals surface area contributed by atoms with Crippen LogP contribution in [0.4, 0.5) is 5.69 Å². The second kappa shape index (κ2) is 7.34. The van der Waals surface area contributed by atoms with Gasteiger partial charge in [-0.15, -0.1) is 0 Å². The lowest BCUT2D eigenvalue weighted by molar-refractivity contribution is -0.117. The Morgan fingerprint density at radius 1 is 1.11 bits per heavy atom. The van der Waals surface area contributed by atoms with Gasteiger partial charge in [0.2, 0.25) is 5.91 Å². The third-order valence-electron chi connectivity index (χ3n) is 4.99. The number of ether oxygens (including phenoxy) is 2. The van der Waals surface area contributed by atoms with Crippen LogP contribution in [-0.2, 0) is 4.79 Å². The zero-order valence-corrected chi connectivity index (χ0v) is 16.0. The van der Waals surface area contributed by atoms with Gasteiger partial charge < -0.3 is 18.9 Å². The van der Waals surface area contributed by atoms with E-state index in [-0.39, 0.29) is 11.8 Å². The van der Waals surface area contributed by atoms with Crippen molar-refractivity contribution >= 4 is 11.6 Å². The van der Waals surface area contributed by atoms with Crippen molar-refractivity contribution in [2.45, 2.75) is 19.3 Å². The number of hydrogen-bond acceptors (Lipinski definition) is 6. The van der Waals surface area contributed by atoms with Crippen molar-refractivity contribution in [2.24, 2.45) is 0 Å². The molecule has 7 heteroatoms. The van der Waals surface area contributed by atoms with Gasteiger partial charge in [-0.25, -0.2) is 0 Å². The number of aryl methyl sites for hydroxylation is 1. The largest absolute Gasteiger partial charge is 0.493 e.